The van der Waals surface area contributed by atoms with Crippen LogP contribution >= 0.6 is 11.6 Å². The molecule has 0 saturated heterocycles. The van der Waals surface area contributed by atoms with Crippen LogP contribution in [-0.2, 0) is 5.41 Å². The highest BCUT2D eigenvalue weighted by Gasteiger charge is 2.42. The van der Waals surface area contributed by atoms with E-state index in [2.05, 4.69) is 13.0 Å². The maximum Gasteiger partial charge on any atom is 0.0444 e. The Morgan fingerprint density at radius 3 is 2.57 bits per heavy atom. The average Bonchev–Trinajstić information content (AvgIpc) is 3.01. The summed E-state index contributed by atoms with van der Waals surface area (Å²) in [6, 6.07) is 8.06. The zero-order chi connectivity index (χ0) is 10.2. The summed E-state index contributed by atoms with van der Waals surface area (Å²) < 4.78 is 0. The lowest BCUT2D eigenvalue weighted by Crippen LogP contribution is -2.34. The van der Waals surface area contributed by atoms with Gasteiger partial charge in [0.2, 0.25) is 0 Å². The molecule has 0 heterocycles. The molecule has 2 heteroatoms. The van der Waals surface area contributed by atoms with Gasteiger partial charge in [-0.05, 0) is 30.4 Å². The largest absolute Gasteiger partial charge is 0.330 e. The molecule has 0 aliphatic heterocycles. The monoisotopic (exact) mass is 209 g/mol. The minimum atomic E-state index is 0.0817. The molecule has 14 heavy (non-hydrogen) atoms. The topological polar surface area (TPSA) is 26.0 Å². The second kappa shape index (κ2) is 3.56. The van der Waals surface area contributed by atoms with E-state index in [0.29, 0.717) is 6.54 Å². The minimum absolute atomic E-state index is 0.0817. The summed E-state index contributed by atoms with van der Waals surface area (Å²) in [5.41, 5.74) is 7.19. The molecule has 0 amide bonds. The van der Waals surface area contributed by atoms with Gasteiger partial charge in [0.05, 0.1) is 0 Å². The number of nitrogens with two attached hydrogens (primary N) is 1. The molecule has 2 rings (SSSR count). The van der Waals surface area contributed by atoms with Crippen molar-refractivity contribution in [2.75, 3.05) is 6.54 Å². The maximum atomic E-state index is 6.20. The van der Waals surface area contributed by atoms with E-state index in [-0.39, 0.29) is 5.41 Å². The molecule has 1 fully saturated rings. The van der Waals surface area contributed by atoms with Crippen molar-refractivity contribution < 1.29 is 0 Å². The Bertz CT molecular complexity index is 333. The van der Waals surface area contributed by atoms with Crippen LogP contribution in [-0.4, -0.2) is 6.54 Å². The normalized spacial score (nSPS) is 20.5. The summed E-state index contributed by atoms with van der Waals surface area (Å²) >= 11 is 6.20. The van der Waals surface area contributed by atoms with E-state index in [9.17, 15) is 0 Å². The molecule has 0 bridgehead atoms. The average molecular weight is 210 g/mol. The van der Waals surface area contributed by atoms with Crippen LogP contribution < -0.4 is 5.73 Å². The van der Waals surface area contributed by atoms with Gasteiger partial charge in [-0.3, -0.25) is 0 Å². The smallest absolute Gasteiger partial charge is 0.0444 e. The van der Waals surface area contributed by atoms with Gasteiger partial charge in [0, 0.05) is 17.0 Å². The molecular weight excluding hydrogens is 194 g/mol. The molecule has 1 aliphatic carbocycles. The third-order valence-electron chi connectivity index (χ3n) is 3.39. The van der Waals surface area contributed by atoms with Gasteiger partial charge in [0.1, 0.15) is 0 Å². The molecule has 1 unspecified atom stereocenters. The number of benzene rings is 1. The van der Waals surface area contributed by atoms with E-state index in [4.69, 9.17) is 17.3 Å². The molecule has 0 spiro atoms. The van der Waals surface area contributed by atoms with Gasteiger partial charge in [-0.25, -0.2) is 0 Å². The van der Waals surface area contributed by atoms with Gasteiger partial charge in [0.25, 0.3) is 0 Å². The van der Waals surface area contributed by atoms with Gasteiger partial charge in [-0.15, -0.1) is 0 Å². The van der Waals surface area contributed by atoms with Crippen molar-refractivity contribution in [3.63, 3.8) is 0 Å². The second-order valence-electron chi connectivity index (χ2n) is 4.38. The van der Waals surface area contributed by atoms with Crippen molar-refractivity contribution in [1.82, 2.24) is 0 Å². The van der Waals surface area contributed by atoms with Crippen LogP contribution in [0.15, 0.2) is 24.3 Å². The molecule has 1 aromatic rings. The van der Waals surface area contributed by atoms with Crippen LogP contribution in [0.5, 0.6) is 0 Å². The van der Waals surface area contributed by atoms with Crippen LogP contribution in [0.2, 0.25) is 5.02 Å². The zero-order valence-electron chi connectivity index (χ0n) is 8.46. The first-order valence-corrected chi connectivity index (χ1v) is 5.51. The fourth-order valence-electron chi connectivity index (χ4n) is 2.14. The Labute approximate surface area is 90.3 Å². The molecule has 0 radical (unpaired) electrons. The Morgan fingerprint density at radius 1 is 1.43 bits per heavy atom. The number of hydrogen-bond acceptors (Lipinski definition) is 1. The first-order chi connectivity index (χ1) is 6.68. The number of hydrogen-bond donors (Lipinski definition) is 1. The molecule has 2 N–H and O–H groups in total. The van der Waals surface area contributed by atoms with Crippen molar-refractivity contribution in [2.24, 2.45) is 11.7 Å². The lowest BCUT2D eigenvalue weighted by molar-refractivity contribution is 0.421. The van der Waals surface area contributed by atoms with Crippen LogP contribution in [0.3, 0.4) is 0 Å². The Hall–Kier alpha value is -0.530. The predicted molar refractivity (Wildman–Crippen MR) is 60.6 cm³/mol. The fraction of sp³-hybridized carbons (Fsp3) is 0.500. The highest BCUT2D eigenvalue weighted by atomic mass is 35.5. The first kappa shape index (κ1) is 10.0. The van der Waals surface area contributed by atoms with Crippen LogP contribution in [0.4, 0.5) is 0 Å². The van der Waals surface area contributed by atoms with Gasteiger partial charge >= 0.3 is 0 Å². The quantitative estimate of drug-likeness (QED) is 0.814. The second-order valence-corrected chi connectivity index (χ2v) is 4.78. The van der Waals surface area contributed by atoms with Crippen LogP contribution in [0.25, 0.3) is 0 Å². The minimum Gasteiger partial charge on any atom is -0.330 e. The molecule has 1 saturated carbocycles. The van der Waals surface area contributed by atoms with Crippen molar-refractivity contribution >= 4 is 11.6 Å². The van der Waals surface area contributed by atoms with Crippen molar-refractivity contribution in [2.45, 2.75) is 25.2 Å². The highest BCUT2D eigenvalue weighted by Crippen LogP contribution is 2.48. The van der Waals surface area contributed by atoms with E-state index < -0.39 is 0 Å². The van der Waals surface area contributed by atoms with E-state index >= 15 is 0 Å². The first-order valence-electron chi connectivity index (χ1n) is 5.13. The lowest BCUT2D eigenvalue weighted by Gasteiger charge is -2.29. The Balaban J connectivity index is 2.40. The number of rotatable bonds is 3. The Kier molecular flexibility index (Phi) is 2.54. The number of halogens is 1. The summed E-state index contributed by atoms with van der Waals surface area (Å²) in [7, 11) is 0. The highest BCUT2D eigenvalue weighted by molar-refractivity contribution is 6.31. The zero-order valence-corrected chi connectivity index (χ0v) is 9.22. The fourth-order valence-corrected chi connectivity index (χ4v) is 2.49. The van der Waals surface area contributed by atoms with Crippen LogP contribution in [0, 0.1) is 5.92 Å². The van der Waals surface area contributed by atoms with Gasteiger partial charge in [-0.1, -0.05) is 36.7 Å². The van der Waals surface area contributed by atoms with Crippen LogP contribution in [0.1, 0.15) is 25.3 Å². The van der Waals surface area contributed by atoms with Gasteiger partial charge < -0.3 is 5.73 Å². The van der Waals surface area contributed by atoms with Crippen molar-refractivity contribution in [1.29, 1.82) is 0 Å². The summed E-state index contributed by atoms with van der Waals surface area (Å²) in [4.78, 5) is 0. The summed E-state index contributed by atoms with van der Waals surface area (Å²) in [6.45, 7) is 2.91. The molecule has 1 aromatic carbocycles. The third kappa shape index (κ3) is 1.55. The van der Waals surface area contributed by atoms with Gasteiger partial charge in [0.15, 0.2) is 0 Å². The van der Waals surface area contributed by atoms with E-state index in [1.54, 1.807) is 0 Å². The summed E-state index contributed by atoms with van der Waals surface area (Å²) in [5, 5.41) is 0.854. The molecule has 76 valence electrons. The van der Waals surface area contributed by atoms with Crippen molar-refractivity contribution in [3.8, 4) is 0 Å². The molecule has 1 nitrogen and oxygen atoms in total. The summed E-state index contributed by atoms with van der Waals surface area (Å²) in [6.07, 6.45) is 2.58. The third-order valence-corrected chi connectivity index (χ3v) is 3.72. The van der Waals surface area contributed by atoms with Gasteiger partial charge in [-0.2, -0.15) is 0 Å². The standard InChI is InChI=1S/C12H16ClN/c1-12(8-14,9-6-7-9)10-4-2-3-5-11(10)13/h2-5,9H,6-8,14H2,1H3. The molecule has 1 atom stereocenters. The molecule has 1 aliphatic rings. The lowest BCUT2D eigenvalue weighted by atomic mass is 9.78. The predicted octanol–water partition coefficient (Wildman–Crippen LogP) is 2.97. The molecular formula is C12H16ClN. The van der Waals surface area contributed by atoms with E-state index in [0.717, 1.165) is 10.9 Å². The Morgan fingerprint density at radius 2 is 2.07 bits per heavy atom. The maximum absolute atomic E-state index is 6.20. The van der Waals surface area contributed by atoms with Crippen molar-refractivity contribution in [3.05, 3.63) is 34.9 Å². The van der Waals surface area contributed by atoms with E-state index in [1.807, 2.05) is 18.2 Å². The van der Waals surface area contributed by atoms with E-state index in [1.165, 1.54) is 18.4 Å². The SMILES string of the molecule is CC(CN)(c1ccccc1Cl)C1CC1. The molecule has 0 aromatic heterocycles. The summed E-state index contributed by atoms with van der Waals surface area (Å²) in [5.74, 6) is 0.729.